The van der Waals surface area contributed by atoms with Gasteiger partial charge in [-0.1, -0.05) is 20.8 Å². The number of carbonyl (C=O) groups excluding carboxylic acids is 1. The standard InChI is InChI=1S/C21H30N4O5S/c1-5-12-24(31(29,30)20-10-8-18(9-11-20)25(27)28)16-21(26)23(14-17(2)3)15-19-7-6-13-22(19)4/h6-11,13,17H,5,12,14-16H2,1-4H3. The first-order chi connectivity index (χ1) is 14.6. The molecule has 0 bridgehead atoms. The monoisotopic (exact) mass is 450 g/mol. The van der Waals surface area contributed by atoms with Gasteiger partial charge >= 0.3 is 0 Å². The van der Waals surface area contributed by atoms with Gasteiger partial charge in [-0.25, -0.2) is 8.42 Å². The van der Waals surface area contributed by atoms with Crippen molar-refractivity contribution in [3.8, 4) is 0 Å². The Morgan fingerprint density at radius 1 is 1.19 bits per heavy atom. The Morgan fingerprint density at radius 3 is 2.32 bits per heavy atom. The lowest BCUT2D eigenvalue weighted by atomic mass is 10.2. The quantitative estimate of drug-likeness (QED) is 0.386. The van der Waals surface area contributed by atoms with Crippen LogP contribution in [0.2, 0.25) is 0 Å². The number of aryl methyl sites for hydroxylation is 1. The van der Waals surface area contributed by atoms with Gasteiger partial charge in [-0.05, 0) is 36.6 Å². The molecule has 2 aromatic rings. The molecule has 0 aliphatic carbocycles. The first kappa shape index (κ1) is 24.5. The molecule has 31 heavy (non-hydrogen) atoms. The van der Waals surface area contributed by atoms with Crippen LogP contribution in [0, 0.1) is 16.0 Å². The molecule has 0 spiro atoms. The number of aromatic nitrogens is 1. The fourth-order valence-corrected chi connectivity index (χ4v) is 4.71. The van der Waals surface area contributed by atoms with Crippen molar-refractivity contribution >= 4 is 21.6 Å². The van der Waals surface area contributed by atoms with Crippen LogP contribution in [0.4, 0.5) is 5.69 Å². The Bertz CT molecular complexity index is 999. The van der Waals surface area contributed by atoms with Crippen LogP contribution in [0.1, 0.15) is 32.9 Å². The zero-order valence-corrected chi connectivity index (χ0v) is 19.2. The summed E-state index contributed by atoms with van der Waals surface area (Å²) in [7, 11) is -2.08. The van der Waals surface area contributed by atoms with Gasteiger partial charge in [-0.15, -0.1) is 0 Å². The number of rotatable bonds is 11. The summed E-state index contributed by atoms with van der Waals surface area (Å²) in [5.41, 5.74) is 0.761. The molecule has 0 aliphatic rings. The second-order valence-corrected chi connectivity index (χ2v) is 9.81. The molecule has 0 atom stereocenters. The molecule has 1 aromatic carbocycles. The summed E-state index contributed by atoms with van der Waals surface area (Å²) in [4.78, 5) is 25.0. The maximum Gasteiger partial charge on any atom is 0.269 e. The summed E-state index contributed by atoms with van der Waals surface area (Å²) in [5, 5.41) is 10.9. The third kappa shape index (κ3) is 6.38. The maximum atomic E-state index is 13.1. The predicted octanol–water partition coefficient (Wildman–Crippen LogP) is 3.02. The van der Waals surface area contributed by atoms with E-state index in [-0.39, 0.29) is 35.5 Å². The van der Waals surface area contributed by atoms with E-state index in [4.69, 9.17) is 0 Å². The molecule has 0 unspecified atom stereocenters. The van der Waals surface area contributed by atoms with Crippen molar-refractivity contribution in [3.63, 3.8) is 0 Å². The Kier molecular flexibility index (Phi) is 8.35. The molecule has 2 rings (SSSR count). The minimum absolute atomic E-state index is 0.0720. The molecule has 1 aromatic heterocycles. The van der Waals surface area contributed by atoms with Crippen LogP contribution in [-0.2, 0) is 28.4 Å². The second-order valence-electron chi connectivity index (χ2n) is 7.87. The minimum atomic E-state index is -3.97. The van der Waals surface area contributed by atoms with Gasteiger partial charge < -0.3 is 9.47 Å². The van der Waals surface area contributed by atoms with E-state index in [1.54, 1.807) is 4.90 Å². The highest BCUT2D eigenvalue weighted by Crippen LogP contribution is 2.20. The number of sulfonamides is 1. The molecular formula is C21H30N4O5S. The molecule has 0 saturated carbocycles. The lowest BCUT2D eigenvalue weighted by Gasteiger charge is -2.28. The maximum absolute atomic E-state index is 13.1. The van der Waals surface area contributed by atoms with Gasteiger partial charge in [0.1, 0.15) is 0 Å². The molecule has 9 nitrogen and oxygen atoms in total. The number of hydrogen-bond donors (Lipinski definition) is 0. The first-order valence-electron chi connectivity index (χ1n) is 10.2. The van der Waals surface area contributed by atoms with Crippen molar-refractivity contribution in [2.75, 3.05) is 19.6 Å². The van der Waals surface area contributed by atoms with E-state index in [2.05, 4.69) is 0 Å². The lowest BCUT2D eigenvalue weighted by molar-refractivity contribution is -0.384. The Hall–Kier alpha value is -2.72. The van der Waals surface area contributed by atoms with Gasteiger partial charge in [0.25, 0.3) is 5.69 Å². The van der Waals surface area contributed by atoms with Gasteiger partial charge in [0, 0.05) is 44.2 Å². The summed E-state index contributed by atoms with van der Waals surface area (Å²) in [5.74, 6) is -0.0658. The van der Waals surface area contributed by atoms with Crippen LogP contribution in [0.15, 0.2) is 47.5 Å². The number of carbonyl (C=O) groups is 1. The molecular weight excluding hydrogens is 420 g/mol. The first-order valence-corrected chi connectivity index (χ1v) is 11.6. The van der Waals surface area contributed by atoms with Crippen LogP contribution in [0.5, 0.6) is 0 Å². The summed E-state index contributed by atoms with van der Waals surface area (Å²) < 4.78 is 29.3. The highest BCUT2D eigenvalue weighted by molar-refractivity contribution is 7.89. The number of amides is 1. The molecule has 0 N–H and O–H groups in total. The highest BCUT2D eigenvalue weighted by atomic mass is 32.2. The third-order valence-electron chi connectivity index (χ3n) is 4.81. The second kappa shape index (κ2) is 10.5. The lowest BCUT2D eigenvalue weighted by Crippen LogP contribution is -2.44. The van der Waals surface area contributed by atoms with Crippen LogP contribution < -0.4 is 0 Å². The van der Waals surface area contributed by atoms with E-state index in [0.717, 1.165) is 22.1 Å². The van der Waals surface area contributed by atoms with E-state index < -0.39 is 14.9 Å². The summed E-state index contributed by atoms with van der Waals surface area (Å²) in [6.07, 6.45) is 2.43. The number of hydrogen-bond acceptors (Lipinski definition) is 5. The third-order valence-corrected chi connectivity index (χ3v) is 6.67. The van der Waals surface area contributed by atoms with Gasteiger partial charge in [0.2, 0.25) is 15.9 Å². The zero-order chi connectivity index (χ0) is 23.2. The number of non-ortho nitro benzene ring substituents is 1. The molecule has 10 heteroatoms. The van der Waals surface area contributed by atoms with Crippen molar-refractivity contribution in [1.82, 2.24) is 13.8 Å². The van der Waals surface area contributed by atoms with Crippen LogP contribution in [-0.4, -0.2) is 52.7 Å². The fourth-order valence-electron chi connectivity index (χ4n) is 3.22. The number of benzene rings is 1. The van der Waals surface area contributed by atoms with E-state index in [1.807, 2.05) is 50.7 Å². The smallest absolute Gasteiger partial charge is 0.269 e. The van der Waals surface area contributed by atoms with E-state index in [9.17, 15) is 23.3 Å². The largest absolute Gasteiger partial charge is 0.353 e. The normalized spacial score (nSPS) is 11.8. The molecule has 170 valence electrons. The average molecular weight is 451 g/mol. The SMILES string of the molecule is CCCN(CC(=O)N(Cc1cccn1C)CC(C)C)S(=O)(=O)c1ccc([N+](=O)[O-])cc1. The van der Waals surface area contributed by atoms with Crippen LogP contribution in [0.25, 0.3) is 0 Å². The van der Waals surface area contributed by atoms with Gasteiger partial charge in [-0.2, -0.15) is 4.31 Å². The fraction of sp³-hybridized carbons (Fsp3) is 0.476. The average Bonchev–Trinajstić information content (AvgIpc) is 3.11. The molecule has 0 radical (unpaired) electrons. The number of nitro groups is 1. The number of nitro benzene ring substituents is 1. The zero-order valence-electron chi connectivity index (χ0n) is 18.4. The van der Waals surface area contributed by atoms with E-state index in [0.29, 0.717) is 19.5 Å². The van der Waals surface area contributed by atoms with Crippen molar-refractivity contribution in [2.24, 2.45) is 13.0 Å². The van der Waals surface area contributed by atoms with Crippen molar-refractivity contribution in [3.05, 3.63) is 58.4 Å². The molecule has 0 aliphatic heterocycles. The Balaban J connectivity index is 2.26. The topological polar surface area (TPSA) is 106 Å². The summed E-state index contributed by atoms with van der Waals surface area (Å²) >= 11 is 0. The number of nitrogens with zero attached hydrogens (tertiary/aromatic N) is 4. The van der Waals surface area contributed by atoms with Gasteiger partial charge in [-0.3, -0.25) is 14.9 Å². The minimum Gasteiger partial charge on any atom is -0.353 e. The van der Waals surface area contributed by atoms with Crippen LogP contribution >= 0.6 is 0 Å². The van der Waals surface area contributed by atoms with Gasteiger partial charge in [0.15, 0.2) is 0 Å². The van der Waals surface area contributed by atoms with Crippen molar-refractivity contribution in [1.29, 1.82) is 0 Å². The molecule has 1 amide bonds. The Morgan fingerprint density at radius 2 is 1.84 bits per heavy atom. The van der Waals surface area contributed by atoms with Crippen LogP contribution in [0.3, 0.4) is 0 Å². The van der Waals surface area contributed by atoms with Crippen molar-refractivity contribution in [2.45, 2.75) is 38.6 Å². The molecule has 0 saturated heterocycles. The summed E-state index contributed by atoms with van der Waals surface area (Å²) in [6.45, 7) is 6.61. The Labute approximate surface area is 183 Å². The predicted molar refractivity (Wildman–Crippen MR) is 118 cm³/mol. The van der Waals surface area contributed by atoms with E-state index >= 15 is 0 Å². The van der Waals surface area contributed by atoms with E-state index in [1.165, 1.54) is 12.1 Å². The molecule has 0 fully saturated rings. The van der Waals surface area contributed by atoms with Crippen molar-refractivity contribution < 1.29 is 18.1 Å². The highest BCUT2D eigenvalue weighted by Gasteiger charge is 2.29. The summed E-state index contributed by atoms with van der Waals surface area (Å²) in [6, 6.07) is 8.54. The van der Waals surface area contributed by atoms with Gasteiger partial charge in [0.05, 0.1) is 22.9 Å². The molecule has 1 heterocycles.